The monoisotopic (exact) mass is 264 g/mol. The quantitative estimate of drug-likeness (QED) is 0.633. The second-order valence-electron chi connectivity index (χ2n) is 4.48. The van der Waals surface area contributed by atoms with E-state index in [4.69, 9.17) is 9.84 Å². The van der Waals surface area contributed by atoms with E-state index >= 15 is 0 Å². The van der Waals surface area contributed by atoms with Gasteiger partial charge in [-0.3, -0.25) is 0 Å². The van der Waals surface area contributed by atoms with Crippen molar-refractivity contribution in [1.82, 2.24) is 0 Å². The van der Waals surface area contributed by atoms with Crippen LogP contribution in [0.2, 0.25) is 0 Å². The summed E-state index contributed by atoms with van der Waals surface area (Å²) in [5.74, 6) is -0.239. The van der Waals surface area contributed by atoms with Crippen molar-refractivity contribution in [3.05, 3.63) is 42.5 Å². The van der Waals surface area contributed by atoms with E-state index in [9.17, 15) is 9.59 Å². The number of carbonyl (C=O) groups excluding carboxylic acids is 2. The molecule has 0 atom stereocenters. The van der Waals surface area contributed by atoms with Crippen molar-refractivity contribution in [3.8, 4) is 5.75 Å². The molecule has 2 amide bonds. The first-order chi connectivity index (χ1) is 8.91. The minimum atomic E-state index is -0.432. The molecule has 102 valence electrons. The maximum absolute atomic E-state index is 11.9. The summed E-state index contributed by atoms with van der Waals surface area (Å²) in [5.41, 5.74) is 0.761. The number of nitrogens with zero attached hydrogens (tertiary/aromatic N) is 1. The molecule has 5 heteroatoms. The number of quaternary nitrogens is 1. The lowest BCUT2D eigenvalue weighted by atomic mass is 10.2. The summed E-state index contributed by atoms with van der Waals surface area (Å²) < 4.78 is 4.88. The molecule has 1 aromatic carbocycles. The Kier molecular flexibility index (Phi) is 4.97. The number of aliphatic hydroxyl groups excluding tert-OH is 1. The van der Waals surface area contributed by atoms with Crippen molar-refractivity contribution in [3.63, 3.8) is 0 Å². The zero-order chi connectivity index (χ0) is 14.5. The Labute approximate surface area is 112 Å². The fourth-order valence-electron chi connectivity index (χ4n) is 1.35. The number of amides is 2. The largest absolute Gasteiger partial charge is 0.479 e. The summed E-state index contributed by atoms with van der Waals surface area (Å²) in [4.78, 5) is 23.4. The van der Waals surface area contributed by atoms with Gasteiger partial charge in [-0.2, -0.15) is 4.48 Å². The molecule has 0 spiro atoms. The van der Waals surface area contributed by atoms with Gasteiger partial charge in [-0.15, -0.1) is 0 Å². The first-order valence-corrected chi connectivity index (χ1v) is 5.78. The smallest absolute Gasteiger partial charge is 0.358 e. The Bertz CT molecular complexity index is 477. The second-order valence-corrected chi connectivity index (χ2v) is 4.48. The van der Waals surface area contributed by atoms with Crippen molar-refractivity contribution >= 4 is 11.8 Å². The molecule has 0 saturated carbocycles. The van der Waals surface area contributed by atoms with Gasteiger partial charge in [0.15, 0.2) is 0 Å². The standard InChI is InChI=1S/C14H18NO4/c1-4-13(17)15(2,3)14(18)10-19-12-7-5-11(9-16)6-8-12/h4-8,16H,1,9-10H2,2-3H3/q+1. The number of likely N-dealkylation sites (N-methyl/N-ethyl adjacent to an activating group) is 1. The Morgan fingerprint density at radius 1 is 1.32 bits per heavy atom. The zero-order valence-electron chi connectivity index (χ0n) is 11.1. The van der Waals surface area contributed by atoms with Crippen LogP contribution in [0.15, 0.2) is 36.9 Å². The Balaban J connectivity index is 2.63. The Hall–Kier alpha value is -1.98. The number of rotatable bonds is 5. The molecule has 0 aliphatic carbocycles. The number of carbonyl (C=O) groups is 2. The second kappa shape index (κ2) is 6.26. The molecule has 5 nitrogen and oxygen atoms in total. The van der Waals surface area contributed by atoms with Crippen molar-refractivity contribution in [2.75, 3.05) is 20.7 Å². The van der Waals surface area contributed by atoms with Gasteiger partial charge < -0.3 is 9.84 Å². The molecule has 0 saturated heterocycles. The first kappa shape index (κ1) is 15.1. The lowest BCUT2D eigenvalue weighted by Crippen LogP contribution is -2.51. The van der Waals surface area contributed by atoms with E-state index in [0.29, 0.717) is 5.75 Å². The zero-order valence-corrected chi connectivity index (χ0v) is 11.1. The summed E-state index contributed by atoms with van der Waals surface area (Å²) in [6.45, 7) is 3.12. The molecule has 1 N–H and O–H groups in total. The average Bonchev–Trinajstić information content (AvgIpc) is 2.44. The predicted molar refractivity (Wildman–Crippen MR) is 70.2 cm³/mol. The lowest BCUT2D eigenvalue weighted by molar-refractivity contribution is -0.732. The summed E-state index contributed by atoms with van der Waals surface area (Å²) in [5, 5.41) is 8.90. The van der Waals surface area contributed by atoms with E-state index in [-0.39, 0.29) is 25.0 Å². The van der Waals surface area contributed by atoms with Crippen molar-refractivity contribution in [2.24, 2.45) is 0 Å². The first-order valence-electron chi connectivity index (χ1n) is 5.78. The van der Waals surface area contributed by atoms with Gasteiger partial charge in [-0.25, -0.2) is 9.59 Å². The molecule has 1 aromatic rings. The van der Waals surface area contributed by atoms with Crippen LogP contribution in [-0.4, -0.2) is 42.1 Å². The van der Waals surface area contributed by atoms with Crippen molar-refractivity contribution in [2.45, 2.75) is 6.61 Å². The number of aliphatic hydroxyl groups is 1. The third kappa shape index (κ3) is 3.74. The van der Waals surface area contributed by atoms with Gasteiger partial charge in [0.05, 0.1) is 20.7 Å². The number of hydrogen-bond acceptors (Lipinski definition) is 4. The van der Waals surface area contributed by atoms with E-state index in [0.717, 1.165) is 11.6 Å². The maximum atomic E-state index is 11.9. The van der Waals surface area contributed by atoms with E-state index in [1.807, 2.05) is 0 Å². The van der Waals surface area contributed by atoms with Crippen molar-refractivity contribution < 1.29 is 23.9 Å². The molecule has 0 fully saturated rings. The molecule has 0 heterocycles. The topological polar surface area (TPSA) is 63.6 Å². The summed E-state index contributed by atoms with van der Waals surface area (Å²) in [7, 11) is 2.98. The Morgan fingerprint density at radius 2 is 1.89 bits per heavy atom. The van der Waals surface area contributed by atoms with Crippen LogP contribution in [0.3, 0.4) is 0 Å². The predicted octanol–water partition coefficient (Wildman–Crippen LogP) is 0.873. The van der Waals surface area contributed by atoms with Crippen molar-refractivity contribution in [1.29, 1.82) is 0 Å². The molecular weight excluding hydrogens is 246 g/mol. The molecular formula is C14H18NO4+. The van der Waals surface area contributed by atoms with Crippen LogP contribution < -0.4 is 4.74 Å². The van der Waals surface area contributed by atoms with E-state index in [1.165, 1.54) is 14.1 Å². The van der Waals surface area contributed by atoms with Crippen LogP contribution in [0.1, 0.15) is 5.56 Å². The molecule has 0 aliphatic rings. The van der Waals surface area contributed by atoms with Gasteiger partial charge in [0, 0.05) is 6.08 Å². The molecule has 0 unspecified atom stereocenters. The van der Waals surface area contributed by atoms with Crippen LogP contribution in [-0.2, 0) is 16.2 Å². The fraction of sp³-hybridized carbons (Fsp3) is 0.286. The van der Waals surface area contributed by atoms with Crippen LogP contribution in [0.4, 0.5) is 0 Å². The molecule has 19 heavy (non-hydrogen) atoms. The van der Waals surface area contributed by atoms with Gasteiger partial charge in [0.2, 0.25) is 6.61 Å². The number of ether oxygens (including phenoxy) is 1. The normalized spacial score (nSPS) is 10.9. The number of benzene rings is 1. The maximum Gasteiger partial charge on any atom is 0.358 e. The SMILES string of the molecule is C=CC(=O)[N+](C)(C)C(=O)COc1ccc(CO)cc1. The minimum Gasteiger partial charge on any atom is -0.479 e. The van der Waals surface area contributed by atoms with Gasteiger partial charge >= 0.3 is 11.8 Å². The van der Waals surface area contributed by atoms with E-state index in [2.05, 4.69) is 6.58 Å². The average molecular weight is 264 g/mol. The number of hydrogen-bond donors (Lipinski definition) is 1. The van der Waals surface area contributed by atoms with E-state index < -0.39 is 4.48 Å². The molecule has 0 radical (unpaired) electrons. The highest BCUT2D eigenvalue weighted by atomic mass is 16.5. The summed E-state index contributed by atoms with van der Waals surface area (Å²) >= 11 is 0. The third-order valence-corrected chi connectivity index (χ3v) is 2.82. The molecule has 1 rings (SSSR count). The van der Waals surface area contributed by atoms with E-state index in [1.54, 1.807) is 24.3 Å². The molecule has 0 aromatic heterocycles. The van der Waals surface area contributed by atoms with Gasteiger partial charge in [-0.1, -0.05) is 18.7 Å². The van der Waals surface area contributed by atoms with Crippen LogP contribution >= 0.6 is 0 Å². The van der Waals surface area contributed by atoms with Crippen LogP contribution in [0.25, 0.3) is 0 Å². The lowest BCUT2D eigenvalue weighted by Gasteiger charge is -2.22. The van der Waals surface area contributed by atoms with Crippen LogP contribution in [0, 0.1) is 0 Å². The highest BCUT2D eigenvalue weighted by Crippen LogP contribution is 2.13. The van der Waals surface area contributed by atoms with Crippen LogP contribution in [0.5, 0.6) is 5.75 Å². The summed E-state index contributed by atoms with van der Waals surface area (Å²) in [6.07, 6.45) is 1.12. The van der Waals surface area contributed by atoms with Gasteiger partial charge in [-0.05, 0) is 17.7 Å². The Morgan fingerprint density at radius 3 is 2.37 bits per heavy atom. The fourth-order valence-corrected chi connectivity index (χ4v) is 1.35. The molecule has 0 bridgehead atoms. The van der Waals surface area contributed by atoms with Gasteiger partial charge in [0.25, 0.3) is 0 Å². The third-order valence-electron chi connectivity index (χ3n) is 2.82. The highest BCUT2D eigenvalue weighted by Gasteiger charge is 2.33. The summed E-state index contributed by atoms with van der Waals surface area (Å²) in [6, 6.07) is 6.73. The number of imide groups is 1. The molecule has 0 aliphatic heterocycles. The highest BCUT2D eigenvalue weighted by molar-refractivity contribution is 5.90. The van der Waals surface area contributed by atoms with Gasteiger partial charge in [0.1, 0.15) is 5.75 Å². The minimum absolute atomic E-state index is 0.0447.